The first-order valence-corrected chi connectivity index (χ1v) is 9.02. The second-order valence-electron chi connectivity index (χ2n) is 5.03. The van der Waals surface area contributed by atoms with Gasteiger partial charge in [0, 0.05) is 35.7 Å². The van der Waals surface area contributed by atoms with Crippen LogP contribution in [0.15, 0.2) is 72.0 Å². The van der Waals surface area contributed by atoms with Crippen LogP contribution in [0.3, 0.4) is 0 Å². The van der Waals surface area contributed by atoms with Crippen molar-refractivity contribution in [3.8, 4) is 11.3 Å². The lowest BCUT2D eigenvalue weighted by molar-refractivity contribution is 0.581. The van der Waals surface area contributed by atoms with Crippen LogP contribution in [0.4, 0.5) is 0 Å². The molecule has 0 amide bonds. The Morgan fingerprint density at radius 2 is 1.79 bits per heavy atom. The molecule has 0 radical (unpaired) electrons. The van der Waals surface area contributed by atoms with Gasteiger partial charge in [-0.15, -0.1) is 0 Å². The lowest BCUT2D eigenvalue weighted by Gasteiger charge is -2.10. The predicted octanol–water partition coefficient (Wildman–Crippen LogP) is 3.28. The van der Waals surface area contributed by atoms with Crippen molar-refractivity contribution in [3.05, 3.63) is 77.7 Å². The van der Waals surface area contributed by atoms with Crippen molar-refractivity contribution in [1.29, 1.82) is 0 Å². The van der Waals surface area contributed by atoms with Crippen molar-refractivity contribution in [3.63, 3.8) is 0 Å². The van der Waals surface area contributed by atoms with Crippen LogP contribution >= 0.6 is 11.6 Å². The molecule has 0 aliphatic carbocycles. The van der Waals surface area contributed by atoms with Gasteiger partial charge in [0.15, 0.2) is 0 Å². The van der Waals surface area contributed by atoms with Crippen molar-refractivity contribution in [2.24, 2.45) is 0 Å². The summed E-state index contributed by atoms with van der Waals surface area (Å²) < 4.78 is 27.4. The topological polar surface area (TPSA) is 72.0 Å². The highest BCUT2D eigenvalue weighted by atomic mass is 35.5. The Hall–Kier alpha value is -2.28. The van der Waals surface area contributed by atoms with Crippen LogP contribution < -0.4 is 4.72 Å². The van der Waals surface area contributed by atoms with Crippen molar-refractivity contribution in [1.82, 2.24) is 14.7 Å². The van der Waals surface area contributed by atoms with E-state index in [9.17, 15) is 8.42 Å². The van der Waals surface area contributed by atoms with Crippen LogP contribution in [0.25, 0.3) is 11.3 Å². The van der Waals surface area contributed by atoms with E-state index in [4.69, 9.17) is 11.6 Å². The second-order valence-corrected chi connectivity index (χ2v) is 7.23. The van der Waals surface area contributed by atoms with E-state index in [1.165, 1.54) is 12.1 Å². The Labute approximate surface area is 145 Å². The first-order valence-electron chi connectivity index (χ1n) is 7.16. The molecule has 0 saturated heterocycles. The number of nitrogens with zero attached hydrogens (tertiary/aromatic N) is 2. The van der Waals surface area contributed by atoms with Crippen LogP contribution in [-0.2, 0) is 16.6 Å². The Morgan fingerprint density at radius 1 is 1.00 bits per heavy atom. The number of nitrogens with one attached hydrogen (secondary N) is 1. The first-order chi connectivity index (χ1) is 11.6. The van der Waals surface area contributed by atoms with Crippen LogP contribution in [0.2, 0.25) is 5.02 Å². The summed E-state index contributed by atoms with van der Waals surface area (Å²) in [7, 11) is -3.65. The molecule has 1 N–H and O–H groups in total. The molecule has 7 heteroatoms. The van der Waals surface area contributed by atoms with E-state index in [1.54, 1.807) is 36.8 Å². The Bertz CT molecular complexity index is 947. The molecule has 0 aliphatic rings. The van der Waals surface area contributed by atoms with E-state index in [0.29, 0.717) is 10.7 Å². The van der Waals surface area contributed by atoms with Gasteiger partial charge >= 0.3 is 0 Å². The first kappa shape index (κ1) is 16.6. The quantitative estimate of drug-likeness (QED) is 0.758. The molecule has 0 bridgehead atoms. The molecule has 2 heterocycles. The van der Waals surface area contributed by atoms with Gasteiger partial charge in [-0.1, -0.05) is 23.7 Å². The minimum atomic E-state index is -3.65. The van der Waals surface area contributed by atoms with Gasteiger partial charge in [-0.3, -0.25) is 9.97 Å². The molecule has 2 aromatic heterocycles. The molecule has 24 heavy (non-hydrogen) atoms. The van der Waals surface area contributed by atoms with Gasteiger partial charge in [-0.2, -0.15) is 0 Å². The number of hydrogen-bond donors (Lipinski definition) is 1. The fourth-order valence-corrected chi connectivity index (χ4v) is 3.55. The molecule has 3 rings (SSSR count). The number of hydrogen-bond acceptors (Lipinski definition) is 4. The van der Waals surface area contributed by atoms with E-state index in [2.05, 4.69) is 14.7 Å². The van der Waals surface area contributed by atoms with Gasteiger partial charge in [0.25, 0.3) is 0 Å². The number of rotatable bonds is 5. The fraction of sp³-hybridized carbons (Fsp3) is 0.0588. The highest BCUT2D eigenvalue weighted by Crippen LogP contribution is 2.21. The molecule has 5 nitrogen and oxygen atoms in total. The normalized spacial score (nSPS) is 11.4. The average molecular weight is 360 g/mol. The third kappa shape index (κ3) is 3.79. The lowest BCUT2D eigenvalue weighted by Crippen LogP contribution is -2.23. The molecule has 0 aliphatic heterocycles. The summed E-state index contributed by atoms with van der Waals surface area (Å²) in [4.78, 5) is 8.46. The summed E-state index contributed by atoms with van der Waals surface area (Å²) in [5, 5.41) is 0.372. The highest BCUT2D eigenvalue weighted by Gasteiger charge is 2.15. The van der Waals surface area contributed by atoms with Crippen LogP contribution in [0, 0.1) is 0 Å². The largest absolute Gasteiger partial charge is 0.265 e. The summed E-state index contributed by atoms with van der Waals surface area (Å²) >= 11 is 5.87. The maximum Gasteiger partial charge on any atom is 0.240 e. The van der Waals surface area contributed by atoms with Gasteiger partial charge in [-0.05, 0) is 42.0 Å². The monoisotopic (exact) mass is 359 g/mol. The third-order valence-electron chi connectivity index (χ3n) is 3.40. The maximum atomic E-state index is 12.4. The maximum absolute atomic E-state index is 12.4. The van der Waals surface area contributed by atoms with Gasteiger partial charge in [0.1, 0.15) is 0 Å². The minimum Gasteiger partial charge on any atom is -0.265 e. The SMILES string of the molecule is O=S(=O)(NCc1cccnc1-c1ccncc1)c1cccc(Cl)c1. The van der Waals surface area contributed by atoms with Gasteiger partial charge in [0.2, 0.25) is 10.0 Å². The van der Waals surface area contributed by atoms with Crippen molar-refractivity contribution in [2.45, 2.75) is 11.4 Å². The molecule has 0 fully saturated rings. The summed E-state index contributed by atoms with van der Waals surface area (Å²) in [6, 6.07) is 13.4. The number of benzene rings is 1. The van der Waals surface area contributed by atoms with E-state index in [0.717, 1.165) is 11.1 Å². The summed E-state index contributed by atoms with van der Waals surface area (Å²) in [6.45, 7) is 0.125. The Morgan fingerprint density at radius 3 is 2.54 bits per heavy atom. The number of halogens is 1. The fourth-order valence-electron chi connectivity index (χ4n) is 2.24. The standard InChI is InChI=1S/C17H14ClN3O2S/c18-15-4-1-5-16(11-15)24(22,23)21-12-14-3-2-8-20-17(14)13-6-9-19-10-7-13/h1-11,21H,12H2. The summed E-state index contributed by atoms with van der Waals surface area (Å²) in [6.07, 6.45) is 5.01. The number of sulfonamides is 1. The average Bonchev–Trinajstić information content (AvgIpc) is 2.61. The Kier molecular flexibility index (Phi) is 4.89. The lowest BCUT2D eigenvalue weighted by atomic mass is 10.1. The molecule has 1 aromatic carbocycles. The summed E-state index contributed by atoms with van der Waals surface area (Å²) in [5.74, 6) is 0. The predicted molar refractivity (Wildman–Crippen MR) is 92.9 cm³/mol. The van der Waals surface area contributed by atoms with E-state index < -0.39 is 10.0 Å². The van der Waals surface area contributed by atoms with Crippen LogP contribution in [0.1, 0.15) is 5.56 Å². The Balaban J connectivity index is 1.85. The minimum absolute atomic E-state index is 0.125. The zero-order valence-corrected chi connectivity index (χ0v) is 14.1. The zero-order valence-electron chi connectivity index (χ0n) is 12.6. The highest BCUT2D eigenvalue weighted by molar-refractivity contribution is 7.89. The summed E-state index contributed by atoms with van der Waals surface area (Å²) in [5.41, 5.74) is 2.37. The van der Waals surface area contributed by atoms with Crippen molar-refractivity contribution < 1.29 is 8.42 Å². The van der Waals surface area contributed by atoms with Crippen LogP contribution in [-0.4, -0.2) is 18.4 Å². The van der Waals surface area contributed by atoms with Gasteiger partial charge < -0.3 is 0 Å². The van der Waals surface area contributed by atoms with Crippen molar-refractivity contribution >= 4 is 21.6 Å². The van der Waals surface area contributed by atoms with Crippen molar-refractivity contribution in [2.75, 3.05) is 0 Å². The molecular formula is C17H14ClN3O2S. The van der Waals surface area contributed by atoms with E-state index in [1.807, 2.05) is 18.2 Å². The molecule has 0 spiro atoms. The second kappa shape index (κ2) is 7.09. The van der Waals surface area contributed by atoms with E-state index in [-0.39, 0.29) is 11.4 Å². The number of pyridine rings is 2. The van der Waals surface area contributed by atoms with Gasteiger partial charge in [-0.25, -0.2) is 13.1 Å². The molecule has 122 valence electrons. The third-order valence-corrected chi connectivity index (χ3v) is 5.04. The molecule has 0 saturated carbocycles. The molecule has 0 unspecified atom stereocenters. The van der Waals surface area contributed by atoms with Gasteiger partial charge in [0.05, 0.1) is 10.6 Å². The van der Waals surface area contributed by atoms with E-state index >= 15 is 0 Å². The smallest absolute Gasteiger partial charge is 0.240 e. The number of aromatic nitrogens is 2. The molecule has 3 aromatic rings. The zero-order chi connectivity index (χ0) is 17.0. The molecule has 0 atom stereocenters. The molecular weight excluding hydrogens is 346 g/mol. The van der Waals surface area contributed by atoms with Crippen LogP contribution in [0.5, 0.6) is 0 Å².